The van der Waals surface area contributed by atoms with Gasteiger partial charge in [-0.2, -0.15) is 0 Å². The molecule has 0 aliphatic heterocycles. The molecule has 0 spiro atoms. The number of nitrogen functional groups attached to an aromatic ring is 1. The summed E-state index contributed by atoms with van der Waals surface area (Å²) in [6.07, 6.45) is 4.42. The molecule has 1 aliphatic rings. The zero-order chi connectivity index (χ0) is 14.8. The molecule has 1 aromatic heterocycles. The molecule has 4 heteroatoms. The van der Waals surface area contributed by atoms with E-state index in [1.165, 1.54) is 12.8 Å². The molecule has 0 saturated heterocycles. The highest BCUT2D eigenvalue weighted by Crippen LogP contribution is 2.33. The Morgan fingerprint density at radius 1 is 1.19 bits per heavy atom. The van der Waals surface area contributed by atoms with Crippen LogP contribution in [0.4, 0.5) is 5.69 Å². The number of pyridine rings is 1. The van der Waals surface area contributed by atoms with Crippen molar-refractivity contribution in [3.05, 3.63) is 46.8 Å². The van der Waals surface area contributed by atoms with Crippen molar-refractivity contribution < 1.29 is 4.74 Å². The Labute approximate surface area is 124 Å². The third kappa shape index (κ3) is 2.53. The van der Waals surface area contributed by atoms with E-state index in [0.717, 1.165) is 29.8 Å². The second-order valence-corrected chi connectivity index (χ2v) is 5.52. The summed E-state index contributed by atoms with van der Waals surface area (Å²) < 4.78 is 7.16. The minimum Gasteiger partial charge on any atom is -0.497 e. The van der Waals surface area contributed by atoms with Gasteiger partial charge in [-0.3, -0.25) is 4.79 Å². The van der Waals surface area contributed by atoms with Crippen LogP contribution < -0.4 is 16.0 Å². The summed E-state index contributed by atoms with van der Waals surface area (Å²) in [6.45, 7) is 0. The first-order chi connectivity index (χ1) is 10.2. The molecule has 110 valence electrons. The normalized spacial score (nSPS) is 15.3. The fourth-order valence-corrected chi connectivity index (χ4v) is 3.11. The minimum absolute atomic E-state index is 0.0813. The van der Waals surface area contributed by atoms with E-state index >= 15 is 0 Å². The van der Waals surface area contributed by atoms with Crippen molar-refractivity contribution >= 4 is 5.69 Å². The molecule has 4 nitrogen and oxygen atoms in total. The number of hydrogen-bond donors (Lipinski definition) is 1. The number of hydrogen-bond acceptors (Lipinski definition) is 3. The first kappa shape index (κ1) is 13.7. The van der Waals surface area contributed by atoms with E-state index in [2.05, 4.69) is 0 Å². The van der Waals surface area contributed by atoms with E-state index in [9.17, 15) is 4.79 Å². The van der Waals surface area contributed by atoms with Crippen LogP contribution in [0.2, 0.25) is 0 Å². The molecule has 21 heavy (non-hydrogen) atoms. The Hall–Kier alpha value is -2.23. The zero-order valence-corrected chi connectivity index (χ0v) is 12.2. The van der Waals surface area contributed by atoms with Crippen LogP contribution >= 0.6 is 0 Å². The number of methoxy groups -OCH3 is 1. The molecule has 1 saturated carbocycles. The van der Waals surface area contributed by atoms with Crippen molar-refractivity contribution in [2.75, 3.05) is 12.8 Å². The van der Waals surface area contributed by atoms with E-state index in [0.29, 0.717) is 5.69 Å². The molecule has 1 aromatic carbocycles. The van der Waals surface area contributed by atoms with Crippen molar-refractivity contribution in [1.29, 1.82) is 0 Å². The van der Waals surface area contributed by atoms with E-state index < -0.39 is 0 Å². The largest absolute Gasteiger partial charge is 0.497 e. The highest BCUT2D eigenvalue weighted by Gasteiger charge is 2.22. The van der Waals surface area contributed by atoms with E-state index in [4.69, 9.17) is 10.5 Å². The van der Waals surface area contributed by atoms with Crippen LogP contribution in [0.25, 0.3) is 11.3 Å². The zero-order valence-electron chi connectivity index (χ0n) is 12.2. The summed E-state index contributed by atoms with van der Waals surface area (Å²) in [5.41, 5.74) is 7.97. The topological polar surface area (TPSA) is 57.2 Å². The molecule has 1 fully saturated rings. The lowest BCUT2D eigenvalue weighted by Gasteiger charge is -2.20. The van der Waals surface area contributed by atoms with Gasteiger partial charge in [-0.05, 0) is 37.1 Å². The summed E-state index contributed by atoms with van der Waals surface area (Å²) in [5, 5.41) is 0. The summed E-state index contributed by atoms with van der Waals surface area (Å²) >= 11 is 0. The molecule has 3 rings (SSSR count). The van der Waals surface area contributed by atoms with Gasteiger partial charge in [0, 0.05) is 11.6 Å². The number of aromatic nitrogens is 1. The van der Waals surface area contributed by atoms with Gasteiger partial charge in [0.05, 0.1) is 18.5 Å². The maximum absolute atomic E-state index is 12.5. The predicted molar refractivity (Wildman–Crippen MR) is 84.6 cm³/mol. The lowest BCUT2D eigenvalue weighted by Crippen LogP contribution is -2.27. The average molecular weight is 284 g/mol. The summed E-state index contributed by atoms with van der Waals surface area (Å²) in [6, 6.07) is 11.7. The molecule has 0 bridgehead atoms. The standard InChI is InChI=1S/C17H20N2O2/c1-21-14-8-4-5-12(11-14)16-10-9-15(18)17(20)19(16)13-6-2-3-7-13/h4-5,8-11,13H,2-3,6-7,18H2,1H3. The lowest BCUT2D eigenvalue weighted by atomic mass is 10.1. The van der Waals surface area contributed by atoms with Gasteiger partial charge < -0.3 is 15.0 Å². The summed E-state index contributed by atoms with van der Waals surface area (Å²) in [5.74, 6) is 0.787. The molecule has 0 radical (unpaired) electrons. The van der Waals surface area contributed by atoms with Crippen molar-refractivity contribution in [1.82, 2.24) is 4.57 Å². The Kier molecular flexibility index (Phi) is 3.69. The van der Waals surface area contributed by atoms with Gasteiger partial charge in [-0.15, -0.1) is 0 Å². The van der Waals surface area contributed by atoms with Crippen LogP contribution in [0.5, 0.6) is 5.75 Å². The monoisotopic (exact) mass is 284 g/mol. The van der Waals surface area contributed by atoms with Gasteiger partial charge in [0.25, 0.3) is 5.56 Å². The number of benzene rings is 1. The van der Waals surface area contributed by atoms with E-state index in [1.807, 2.05) is 34.9 Å². The van der Waals surface area contributed by atoms with Crippen molar-refractivity contribution in [2.45, 2.75) is 31.7 Å². The van der Waals surface area contributed by atoms with Crippen LogP contribution in [-0.4, -0.2) is 11.7 Å². The van der Waals surface area contributed by atoms with Crippen LogP contribution in [0, 0.1) is 0 Å². The first-order valence-electron chi connectivity index (χ1n) is 7.36. The highest BCUT2D eigenvalue weighted by molar-refractivity contribution is 5.63. The minimum atomic E-state index is -0.0813. The number of rotatable bonds is 3. The Morgan fingerprint density at radius 2 is 1.95 bits per heavy atom. The van der Waals surface area contributed by atoms with Crippen LogP contribution in [0.15, 0.2) is 41.2 Å². The lowest BCUT2D eigenvalue weighted by molar-refractivity contribution is 0.415. The van der Waals surface area contributed by atoms with Crippen molar-refractivity contribution in [3.8, 4) is 17.0 Å². The Bertz CT molecular complexity index is 700. The fourth-order valence-electron chi connectivity index (χ4n) is 3.11. The van der Waals surface area contributed by atoms with Gasteiger partial charge in [0.15, 0.2) is 0 Å². The molecule has 2 aromatic rings. The third-order valence-electron chi connectivity index (χ3n) is 4.20. The van der Waals surface area contributed by atoms with Crippen molar-refractivity contribution in [2.24, 2.45) is 0 Å². The fraction of sp³-hybridized carbons (Fsp3) is 0.353. The van der Waals surface area contributed by atoms with Gasteiger partial charge in [0.2, 0.25) is 0 Å². The average Bonchev–Trinajstić information content (AvgIpc) is 3.04. The molecule has 0 atom stereocenters. The summed E-state index contributed by atoms with van der Waals surface area (Å²) in [4.78, 5) is 12.5. The smallest absolute Gasteiger partial charge is 0.274 e. The van der Waals surface area contributed by atoms with Crippen LogP contribution in [0.1, 0.15) is 31.7 Å². The third-order valence-corrected chi connectivity index (χ3v) is 4.20. The molecule has 1 aliphatic carbocycles. The maximum Gasteiger partial charge on any atom is 0.274 e. The van der Waals surface area contributed by atoms with Gasteiger partial charge in [0.1, 0.15) is 5.75 Å². The second-order valence-electron chi connectivity index (χ2n) is 5.52. The molecular formula is C17H20N2O2. The molecule has 1 heterocycles. The van der Waals surface area contributed by atoms with E-state index in [1.54, 1.807) is 13.2 Å². The van der Waals surface area contributed by atoms with Crippen molar-refractivity contribution in [3.63, 3.8) is 0 Å². The molecular weight excluding hydrogens is 264 g/mol. The number of anilines is 1. The number of nitrogens with two attached hydrogens (primary N) is 1. The second kappa shape index (κ2) is 5.64. The maximum atomic E-state index is 12.5. The van der Waals surface area contributed by atoms with Crippen LogP contribution in [0.3, 0.4) is 0 Å². The molecule has 0 amide bonds. The predicted octanol–water partition coefficient (Wildman–Crippen LogP) is 3.22. The SMILES string of the molecule is COc1cccc(-c2ccc(N)c(=O)n2C2CCCC2)c1. The molecule has 2 N–H and O–H groups in total. The summed E-state index contributed by atoms with van der Waals surface area (Å²) in [7, 11) is 1.64. The Morgan fingerprint density at radius 3 is 2.67 bits per heavy atom. The highest BCUT2D eigenvalue weighted by atomic mass is 16.5. The number of ether oxygens (including phenoxy) is 1. The number of nitrogens with zero attached hydrogens (tertiary/aromatic N) is 1. The van der Waals surface area contributed by atoms with Gasteiger partial charge in [-0.25, -0.2) is 0 Å². The van der Waals surface area contributed by atoms with Gasteiger partial charge in [-0.1, -0.05) is 25.0 Å². The quantitative estimate of drug-likeness (QED) is 0.941. The van der Waals surface area contributed by atoms with Gasteiger partial charge >= 0.3 is 0 Å². The Balaban J connectivity index is 2.17. The first-order valence-corrected chi connectivity index (χ1v) is 7.36. The molecule has 0 unspecified atom stereocenters. The van der Waals surface area contributed by atoms with E-state index in [-0.39, 0.29) is 11.6 Å². The van der Waals surface area contributed by atoms with Crippen LogP contribution in [-0.2, 0) is 0 Å².